The van der Waals surface area contributed by atoms with Gasteiger partial charge in [-0.05, 0) is 26.2 Å². The summed E-state index contributed by atoms with van der Waals surface area (Å²) in [6.07, 6.45) is 0.651. The molecular weight excluding hydrogens is 178 g/mol. The minimum Gasteiger partial charge on any atom is -0.390 e. The Morgan fingerprint density at radius 3 is 2.43 bits per heavy atom. The molecule has 14 heavy (non-hydrogen) atoms. The molecule has 1 N–H and O–H groups in total. The molecule has 3 nitrogen and oxygen atoms in total. The van der Waals surface area contributed by atoms with Crippen molar-refractivity contribution in [3.8, 4) is 0 Å². The van der Waals surface area contributed by atoms with E-state index in [0.29, 0.717) is 18.9 Å². The predicted molar refractivity (Wildman–Crippen MR) is 55.8 cm³/mol. The molecular formula is C11H21NO2. The number of carbonyl (C=O) groups is 1. The highest BCUT2D eigenvalue weighted by molar-refractivity contribution is 5.80. The molecule has 0 saturated carbocycles. The van der Waals surface area contributed by atoms with Crippen LogP contribution in [0.15, 0.2) is 0 Å². The molecule has 1 aliphatic rings. The van der Waals surface area contributed by atoms with Crippen LogP contribution in [0.2, 0.25) is 0 Å². The number of nitrogens with zero attached hydrogens (tertiary/aromatic N) is 1. The van der Waals surface area contributed by atoms with E-state index in [0.717, 1.165) is 6.54 Å². The van der Waals surface area contributed by atoms with Crippen LogP contribution in [0.1, 0.15) is 34.1 Å². The van der Waals surface area contributed by atoms with E-state index < -0.39 is 5.60 Å². The predicted octanol–water partition coefficient (Wildman–Crippen LogP) is 1.26. The average Bonchev–Trinajstić information content (AvgIpc) is 2.28. The summed E-state index contributed by atoms with van der Waals surface area (Å²) < 4.78 is 0. The first-order chi connectivity index (χ1) is 6.31. The number of carbonyl (C=O) groups excluding carboxylic acids is 1. The maximum atomic E-state index is 11.7. The first-order valence-electron chi connectivity index (χ1n) is 5.32. The molecule has 0 aromatic heterocycles. The van der Waals surface area contributed by atoms with Gasteiger partial charge in [0.2, 0.25) is 5.91 Å². The van der Waals surface area contributed by atoms with Gasteiger partial charge in [0.1, 0.15) is 0 Å². The van der Waals surface area contributed by atoms with Gasteiger partial charge in [-0.2, -0.15) is 0 Å². The van der Waals surface area contributed by atoms with E-state index in [1.165, 1.54) is 0 Å². The van der Waals surface area contributed by atoms with Crippen LogP contribution in [0.25, 0.3) is 0 Å². The van der Waals surface area contributed by atoms with Crippen LogP contribution in [-0.2, 0) is 4.79 Å². The van der Waals surface area contributed by atoms with Gasteiger partial charge in [-0.15, -0.1) is 0 Å². The molecule has 0 spiro atoms. The van der Waals surface area contributed by atoms with Gasteiger partial charge in [-0.3, -0.25) is 4.79 Å². The van der Waals surface area contributed by atoms with Crippen molar-refractivity contribution < 1.29 is 9.90 Å². The summed E-state index contributed by atoms with van der Waals surface area (Å²) in [5, 5.41) is 9.56. The molecule has 1 saturated heterocycles. The minimum absolute atomic E-state index is 0.150. The van der Waals surface area contributed by atoms with Gasteiger partial charge in [0, 0.05) is 19.0 Å². The molecule has 1 aliphatic heterocycles. The van der Waals surface area contributed by atoms with Crippen molar-refractivity contribution in [2.75, 3.05) is 13.1 Å². The van der Waals surface area contributed by atoms with Gasteiger partial charge in [0.15, 0.2) is 0 Å². The van der Waals surface area contributed by atoms with E-state index in [9.17, 15) is 9.90 Å². The lowest BCUT2D eigenvalue weighted by atomic mass is 10.0. The van der Waals surface area contributed by atoms with Crippen LogP contribution in [-0.4, -0.2) is 34.6 Å². The third kappa shape index (κ3) is 2.71. The second-order valence-corrected chi connectivity index (χ2v) is 5.11. The van der Waals surface area contributed by atoms with Gasteiger partial charge in [0.25, 0.3) is 0 Å². The third-order valence-corrected chi connectivity index (χ3v) is 3.06. The molecule has 2 unspecified atom stereocenters. The molecule has 0 aromatic rings. The smallest absolute Gasteiger partial charge is 0.225 e. The number of hydrogen-bond acceptors (Lipinski definition) is 2. The van der Waals surface area contributed by atoms with Crippen molar-refractivity contribution in [2.24, 2.45) is 11.8 Å². The van der Waals surface area contributed by atoms with Crippen LogP contribution < -0.4 is 0 Å². The number of likely N-dealkylation sites (tertiary alicyclic amines) is 1. The van der Waals surface area contributed by atoms with Crippen molar-refractivity contribution in [2.45, 2.75) is 39.7 Å². The molecule has 1 heterocycles. The summed E-state index contributed by atoms with van der Waals surface area (Å²) in [4.78, 5) is 13.5. The molecule has 0 aromatic carbocycles. The van der Waals surface area contributed by atoms with E-state index >= 15 is 0 Å². The topological polar surface area (TPSA) is 40.5 Å². The zero-order chi connectivity index (χ0) is 10.9. The molecule has 3 heteroatoms. The minimum atomic E-state index is -0.671. The SMILES string of the molecule is CC1CN(CCC(C)(C)O)C(=O)C1C. The lowest BCUT2D eigenvalue weighted by Gasteiger charge is -2.22. The van der Waals surface area contributed by atoms with Crippen molar-refractivity contribution in [1.82, 2.24) is 4.90 Å². The van der Waals surface area contributed by atoms with E-state index in [2.05, 4.69) is 6.92 Å². The fraction of sp³-hybridized carbons (Fsp3) is 0.909. The van der Waals surface area contributed by atoms with Gasteiger partial charge in [-0.25, -0.2) is 0 Å². The highest BCUT2D eigenvalue weighted by atomic mass is 16.3. The summed E-state index contributed by atoms with van der Waals surface area (Å²) in [5.74, 6) is 0.836. The fourth-order valence-corrected chi connectivity index (χ4v) is 1.74. The first kappa shape index (κ1) is 11.5. The lowest BCUT2D eigenvalue weighted by Crippen LogP contribution is -2.32. The van der Waals surface area contributed by atoms with Gasteiger partial charge in [-0.1, -0.05) is 13.8 Å². The second-order valence-electron chi connectivity index (χ2n) is 5.11. The fourth-order valence-electron chi connectivity index (χ4n) is 1.74. The number of rotatable bonds is 3. The Morgan fingerprint density at radius 2 is 2.07 bits per heavy atom. The summed E-state index contributed by atoms with van der Waals surface area (Å²) >= 11 is 0. The van der Waals surface area contributed by atoms with Crippen LogP contribution in [0.3, 0.4) is 0 Å². The summed E-state index contributed by atoms with van der Waals surface area (Å²) in [6, 6.07) is 0. The first-order valence-corrected chi connectivity index (χ1v) is 5.32. The van der Waals surface area contributed by atoms with Crippen molar-refractivity contribution in [3.05, 3.63) is 0 Å². The Hall–Kier alpha value is -0.570. The Kier molecular flexibility index (Phi) is 3.20. The maximum Gasteiger partial charge on any atom is 0.225 e. The quantitative estimate of drug-likeness (QED) is 0.743. The van der Waals surface area contributed by atoms with E-state index in [-0.39, 0.29) is 11.8 Å². The number of hydrogen-bond donors (Lipinski definition) is 1. The van der Waals surface area contributed by atoms with Gasteiger partial charge in [0.05, 0.1) is 5.60 Å². The summed E-state index contributed by atoms with van der Waals surface area (Å²) in [7, 11) is 0. The molecule has 1 amide bonds. The summed E-state index contributed by atoms with van der Waals surface area (Å²) in [5.41, 5.74) is -0.671. The standard InChI is InChI=1S/C11H21NO2/c1-8-7-12(10(13)9(8)2)6-5-11(3,4)14/h8-9,14H,5-7H2,1-4H3. The van der Waals surface area contributed by atoms with Crippen LogP contribution >= 0.6 is 0 Å². The molecule has 2 atom stereocenters. The molecule has 0 aliphatic carbocycles. The summed E-state index contributed by atoms with van der Waals surface area (Å²) in [6.45, 7) is 9.16. The number of amides is 1. The van der Waals surface area contributed by atoms with Crippen molar-refractivity contribution >= 4 is 5.91 Å². The maximum absolute atomic E-state index is 11.7. The van der Waals surface area contributed by atoms with E-state index in [1.807, 2.05) is 11.8 Å². The molecule has 1 fully saturated rings. The molecule has 82 valence electrons. The third-order valence-electron chi connectivity index (χ3n) is 3.06. The number of aliphatic hydroxyl groups is 1. The highest BCUT2D eigenvalue weighted by Gasteiger charge is 2.34. The van der Waals surface area contributed by atoms with Crippen molar-refractivity contribution in [3.63, 3.8) is 0 Å². The van der Waals surface area contributed by atoms with Crippen LogP contribution in [0, 0.1) is 11.8 Å². The molecule has 0 radical (unpaired) electrons. The molecule has 0 bridgehead atoms. The zero-order valence-electron chi connectivity index (χ0n) is 9.58. The van der Waals surface area contributed by atoms with Crippen LogP contribution in [0.4, 0.5) is 0 Å². The Morgan fingerprint density at radius 1 is 1.50 bits per heavy atom. The van der Waals surface area contributed by atoms with E-state index in [4.69, 9.17) is 0 Å². The monoisotopic (exact) mass is 199 g/mol. The Bertz CT molecular complexity index is 220. The Balaban J connectivity index is 2.44. The Labute approximate surface area is 86.1 Å². The molecule has 1 rings (SSSR count). The van der Waals surface area contributed by atoms with Gasteiger partial charge < -0.3 is 10.0 Å². The highest BCUT2D eigenvalue weighted by Crippen LogP contribution is 2.24. The lowest BCUT2D eigenvalue weighted by molar-refractivity contribution is -0.131. The zero-order valence-corrected chi connectivity index (χ0v) is 9.58. The van der Waals surface area contributed by atoms with Gasteiger partial charge >= 0.3 is 0 Å². The normalized spacial score (nSPS) is 28.6. The van der Waals surface area contributed by atoms with E-state index in [1.54, 1.807) is 13.8 Å². The largest absolute Gasteiger partial charge is 0.390 e. The average molecular weight is 199 g/mol. The van der Waals surface area contributed by atoms with Crippen LogP contribution in [0.5, 0.6) is 0 Å². The van der Waals surface area contributed by atoms with Crippen molar-refractivity contribution in [1.29, 1.82) is 0 Å². The second kappa shape index (κ2) is 3.89.